The third-order valence-corrected chi connectivity index (χ3v) is 3.70. The van der Waals surface area contributed by atoms with Gasteiger partial charge in [0.2, 0.25) is 0 Å². The fraction of sp³-hybridized carbons (Fsp3) is 0.308. The van der Waals surface area contributed by atoms with E-state index in [2.05, 4.69) is 35.4 Å². The number of imidazole rings is 1. The molecule has 0 spiro atoms. The van der Waals surface area contributed by atoms with Gasteiger partial charge in [0.1, 0.15) is 18.9 Å². The Morgan fingerprint density at radius 2 is 1.83 bits per heavy atom. The quantitative estimate of drug-likeness (QED) is 0.712. The fourth-order valence-electron chi connectivity index (χ4n) is 1.90. The van der Waals surface area contributed by atoms with Gasteiger partial charge in [-0.25, -0.2) is 9.13 Å². The molecule has 0 aliphatic carbocycles. The van der Waals surface area contributed by atoms with Gasteiger partial charge in [-0.3, -0.25) is 0 Å². The first-order chi connectivity index (χ1) is 8.13. The molecular weight excluding hydrogens is 335 g/mol. The van der Waals surface area contributed by atoms with Gasteiger partial charge < -0.3 is 17.0 Å². The summed E-state index contributed by atoms with van der Waals surface area (Å²) in [6.45, 7) is 5.89. The number of hydrogen-bond acceptors (Lipinski definition) is 0. The van der Waals surface area contributed by atoms with Crippen LogP contribution >= 0.6 is 23.2 Å². The van der Waals surface area contributed by atoms with Crippen LogP contribution in [-0.4, -0.2) is 4.57 Å². The van der Waals surface area contributed by atoms with Gasteiger partial charge in [0, 0.05) is 22.5 Å². The molecule has 0 atom stereocenters. The van der Waals surface area contributed by atoms with Crippen molar-refractivity contribution in [1.82, 2.24) is 4.57 Å². The second-order valence-electron chi connectivity index (χ2n) is 3.96. The SMILES string of the molecule is CCn1cc[n+](Cc2c(Cl)cccc2Cl)c1C.[Br-]. The minimum absolute atomic E-state index is 0. The van der Waals surface area contributed by atoms with E-state index in [9.17, 15) is 0 Å². The first kappa shape index (κ1) is 15.5. The van der Waals surface area contributed by atoms with Crippen LogP contribution in [0, 0.1) is 6.92 Å². The highest BCUT2D eigenvalue weighted by Crippen LogP contribution is 2.23. The van der Waals surface area contributed by atoms with E-state index >= 15 is 0 Å². The zero-order chi connectivity index (χ0) is 12.4. The number of rotatable bonds is 3. The lowest BCUT2D eigenvalue weighted by atomic mass is 10.2. The normalized spacial score (nSPS) is 10.2. The highest BCUT2D eigenvalue weighted by molar-refractivity contribution is 6.35. The summed E-state index contributed by atoms with van der Waals surface area (Å²) in [5, 5.41) is 1.43. The van der Waals surface area contributed by atoms with Gasteiger partial charge in [-0.15, -0.1) is 0 Å². The van der Waals surface area contributed by atoms with E-state index in [-0.39, 0.29) is 17.0 Å². The minimum atomic E-state index is 0. The van der Waals surface area contributed by atoms with Crippen LogP contribution in [0.3, 0.4) is 0 Å². The maximum Gasteiger partial charge on any atom is 0.253 e. The van der Waals surface area contributed by atoms with Crippen molar-refractivity contribution in [2.45, 2.75) is 26.9 Å². The summed E-state index contributed by atoms with van der Waals surface area (Å²) in [4.78, 5) is 0. The first-order valence-corrected chi connectivity index (χ1v) is 6.37. The molecule has 1 aromatic carbocycles. The molecule has 2 aromatic rings. The smallest absolute Gasteiger partial charge is 0.253 e. The molecule has 1 heterocycles. The van der Waals surface area contributed by atoms with Gasteiger partial charge in [-0.05, 0) is 19.1 Å². The Morgan fingerprint density at radius 1 is 1.22 bits per heavy atom. The second-order valence-corrected chi connectivity index (χ2v) is 4.77. The van der Waals surface area contributed by atoms with E-state index in [1.54, 1.807) is 0 Å². The van der Waals surface area contributed by atoms with Crippen molar-refractivity contribution in [3.8, 4) is 0 Å². The van der Waals surface area contributed by atoms with Crippen LogP contribution in [0.15, 0.2) is 30.6 Å². The molecule has 0 bridgehead atoms. The number of nitrogens with zero attached hydrogens (tertiary/aromatic N) is 2. The molecule has 0 radical (unpaired) electrons. The monoisotopic (exact) mass is 348 g/mol. The van der Waals surface area contributed by atoms with Crippen molar-refractivity contribution in [3.05, 3.63) is 52.0 Å². The number of halogens is 3. The predicted molar refractivity (Wildman–Crippen MR) is 70.6 cm³/mol. The summed E-state index contributed by atoms with van der Waals surface area (Å²) in [5.74, 6) is 1.20. The van der Waals surface area contributed by atoms with Gasteiger partial charge >= 0.3 is 0 Å². The Bertz CT molecular complexity index is 518. The molecule has 0 unspecified atom stereocenters. The van der Waals surface area contributed by atoms with Gasteiger partial charge in [0.15, 0.2) is 0 Å². The van der Waals surface area contributed by atoms with Crippen molar-refractivity contribution in [2.24, 2.45) is 0 Å². The third-order valence-electron chi connectivity index (χ3n) is 2.99. The lowest BCUT2D eigenvalue weighted by Crippen LogP contribution is -3.00. The molecule has 0 fully saturated rings. The average molecular weight is 350 g/mol. The molecule has 0 saturated heterocycles. The largest absolute Gasteiger partial charge is 1.00 e. The van der Waals surface area contributed by atoms with Crippen molar-refractivity contribution in [1.29, 1.82) is 0 Å². The second kappa shape index (κ2) is 6.60. The molecule has 2 nitrogen and oxygen atoms in total. The Morgan fingerprint density at radius 3 is 2.33 bits per heavy atom. The Hall–Kier alpha value is -0.510. The molecule has 2 rings (SSSR count). The van der Waals surface area contributed by atoms with E-state index in [1.807, 2.05) is 18.2 Å². The molecule has 0 amide bonds. The summed E-state index contributed by atoms with van der Waals surface area (Å²) >= 11 is 12.3. The lowest BCUT2D eigenvalue weighted by Gasteiger charge is -2.05. The maximum atomic E-state index is 6.17. The van der Waals surface area contributed by atoms with Gasteiger partial charge in [-0.2, -0.15) is 0 Å². The van der Waals surface area contributed by atoms with E-state index in [4.69, 9.17) is 23.2 Å². The molecule has 1 aromatic heterocycles. The molecule has 98 valence electrons. The van der Waals surface area contributed by atoms with Crippen molar-refractivity contribution < 1.29 is 21.5 Å². The highest BCUT2D eigenvalue weighted by atomic mass is 79.9. The number of benzene rings is 1. The van der Waals surface area contributed by atoms with Crippen molar-refractivity contribution in [2.75, 3.05) is 0 Å². The van der Waals surface area contributed by atoms with Crippen LogP contribution < -0.4 is 21.5 Å². The van der Waals surface area contributed by atoms with Gasteiger partial charge in [-0.1, -0.05) is 29.3 Å². The molecule has 5 heteroatoms. The zero-order valence-electron chi connectivity index (χ0n) is 10.3. The minimum Gasteiger partial charge on any atom is -1.00 e. The maximum absolute atomic E-state index is 6.17. The summed E-state index contributed by atoms with van der Waals surface area (Å²) in [5.41, 5.74) is 0.970. The number of hydrogen-bond donors (Lipinski definition) is 0. The summed E-state index contributed by atoms with van der Waals surface area (Å²) in [6, 6.07) is 5.61. The van der Waals surface area contributed by atoms with Crippen LogP contribution in [0.25, 0.3) is 0 Å². The first-order valence-electron chi connectivity index (χ1n) is 5.61. The van der Waals surface area contributed by atoms with Crippen LogP contribution in [-0.2, 0) is 13.1 Å². The van der Waals surface area contributed by atoms with Crippen LogP contribution in [0.4, 0.5) is 0 Å². The van der Waals surface area contributed by atoms with E-state index in [0.717, 1.165) is 12.1 Å². The van der Waals surface area contributed by atoms with Crippen molar-refractivity contribution in [3.63, 3.8) is 0 Å². The number of aromatic nitrogens is 2. The van der Waals surface area contributed by atoms with Crippen LogP contribution in [0.5, 0.6) is 0 Å². The number of aryl methyl sites for hydroxylation is 1. The molecule has 18 heavy (non-hydrogen) atoms. The highest BCUT2D eigenvalue weighted by Gasteiger charge is 2.14. The van der Waals surface area contributed by atoms with Crippen LogP contribution in [0.2, 0.25) is 10.0 Å². The van der Waals surface area contributed by atoms with E-state index < -0.39 is 0 Å². The Labute approximate surface area is 128 Å². The average Bonchev–Trinajstić information content (AvgIpc) is 2.65. The molecular formula is C13H15BrCl2N2. The predicted octanol–water partition coefficient (Wildman–Crippen LogP) is 0.463. The van der Waals surface area contributed by atoms with E-state index in [1.165, 1.54) is 5.82 Å². The summed E-state index contributed by atoms with van der Waals surface area (Å²) in [7, 11) is 0. The van der Waals surface area contributed by atoms with Gasteiger partial charge in [0.05, 0.1) is 6.54 Å². The third kappa shape index (κ3) is 3.08. The summed E-state index contributed by atoms with van der Waals surface area (Å²) in [6.07, 6.45) is 4.12. The van der Waals surface area contributed by atoms with E-state index in [0.29, 0.717) is 16.6 Å². The van der Waals surface area contributed by atoms with Gasteiger partial charge in [0.25, 0.3) is 5.82 Å². The Kier molecular flexibility index (Phi) is 5.70. The molecule has 0 N–H and O–H groups in total. The standard InChI is InChI=1S/C13H15Cl2N2.BrH/c1-3-16-7-8-17(10(16)2)9-11-12(14)5-4-6-13(11)15;/h4-8H,3,9H2,1-2H3;1H/q+1;/p-1. The summed E-state index contributed by atoms with van der Waals surface area (Å²) < 4.78 is 4.33. The topological polar surface area (TPSA) is 8.81 Å². The fourth-order valence-corrected chi connectivity index (χ4v) is 2.41. The molecule has 0 saturated carbocycles. The van der Waals surface area contributed by atoms with Crippen LogP contribution in [0.1, 0.15) is 18.3 Å². The molecule has 0 aliphatic heterocycles. The van der Waals surface area contributed by atoms with Crippen molar-refractivity contribution >= 4 is 23.2 Å². The lowest BCUT2D eigenvalue weighted by molar-refractivity contribution is -0.693. The zero-order valence-corrected chi connectivity index (χ0v) is 13.4. The Balaban J connectivity index is 0.00000162. The molecule has 0 aliphatic rings.